The molecule has 1 amide bonds. The van der Waals surface area contributed by atoms with Gasteiger partial charge < -0.3 is 10.4 Å². The zero-order valence-corrected chi connectivity index (χ0v) is 12.8. The van der Waals surface area contributed by atoms with E-state index in [0.29, 0.717) is 22.7 Å². The van der Waals surface area contributed by atoms with E-state index < -0.39 is 10.8 Å². The van der Waals surface area contributed by atoms with E-state index in [1.807, 2.05) is 0 Å². The van der Waals surface area contributed by atoms with Crippen molar-refractivity contribution in [1.29, 1.82) is 0 Å². The van der Waals surface area contributed by atoms with Crippen LogP contribution >= 0.6 is 11.6 Å². The zero-order valence-electron chi connectivity index (χ0n) is 11.3. The normalized spacial score (nSPS) is 13.0. The van der Waals surface area contributed by atoms with E-state index in [2.05, 4.69) is 17.2 Å². The summed E-state index contributed by atoms with van der Waals surface area (Å²) in [5, 5.41) is 11.6. The summed E-state index contributed by atoms with van der Waals surface area (Å²) in [5.41, 5.74) is 0.971. The minimum absolute atomic E-state index is 0.107. The Hall–Kier alpha value is -1.35. The molecule has 0 aromatic heterocycles. The number of hydrogen-bond donors (Lipinski definition) is 2. The number of halogens is 1. The molecule has 108 valence electrons. The molecule has 0 saturated carbocycles. The molecule has 4 nitrogen and oxygen atoms in total. The van der Waals surface area contributed by atoms with Gasteiger partial charge in [-0.3, -0.25) is 9.00 Å². The van der Waals surface area contributed by atoms with Crippen molar-refractivity contribution in [3.8, 4) is 11.8 Å². The lowest BCUT2D eigenvalue weighted by Crippen LogP contribution is -2.32. The molecule has 0 spiro atoms. The van der Waals surface area contributed by atoms with Crippen LogP contribution in [0.25, 0.3) is 0 Å². The van der Waals surface area contributed by atoms with Crippen LogP contribution in [-0.4, -0.2) is 39.9 Å². The minimum atomic E-state index is -0.978. The molecule has 0 radical (unpaired) electrons. The van der Waals surface area contributed by atoms with Gasteiger partial charge in [0.2, 0.25) is 0 Å². The molecule has 0 aliphatic carbocycles. The van der Waals surface area contributed by atoms with Gasteiger partial charge in [-0.25, -0.2) is 0 Å². The molecule has 0 saturated heterocycles. The summed E-state index contributed by atoms with van der Waals surface area (Å²) in [4.78, 5) is 11.9. The third-order valence-corrected chi connectivity index (χ3v) is 4.26. The van der Waals surface area contributed by atoms with Crippen LogP contribution in [0, 0.1) is 11.8 Å². The molecular weight excluding hydrogens is 298 g/mol. The highest BCUT2D eigenvalue weighted by atomic mass is 35.5. The number of nitrogens with one attached hydrogen (secondary N) is 1. The van der Waals surface area contributed by atoms with Crippen molar-refractivity contribution < 1.29 is 14.1 Å². The van der Waals surface area contributed by atoms with E-state index in [1.54, 1.807) is 25.3 Å². The van der Waals surface area contributed by atoms with E-state index in [0.717, 1.165) is 0 Å². The number of carbonyl (C=O) groups is 1. The van der Waals surface area contributed by atoms with Gasteiger partial charge in [0.05, 0.1) is 5.02 Å². The monoisotopic (exact) mass is 313 g/mol. The Kier molecular flexibility index (Phi) is 6.73. The van der Waals surface area contributed by atoms with Crippen molar-refractivity contribution >= 4 is 28.3 Å². The lowest BCUT2D eigenvalue weighted by atomic mass is 10.1. The molecule has 6 heteroatoms. The largest absolute Gasteiger partial charge is 0.384 e. The second-order valence-corrected chi connectivity index (χ2v) is 6.38. The van der Waals surface area contributed by atoms with Gasteiger partial charge >= 0.3 is 0 Å². The molecule has 0 aliphatic heterocycles. The number of carbonyl (C=O) groups excluding carboxylic acids is 1. The van der Waals surface area contributed by atoms with Crippen molar-refractivity contribution in [2.75, 3.05) is 19.4 Å². The summed E-state index contributed by atoms with van der Waals surface area (Å²) < 4.78 is 11.2. The summed E-state index contributed by atoms with van der Waals surface area (Å²) in [5.74, 6) is 4.91. The van der Waals surface area contributed by atoms with Crippen LogP contribution in [0.2, 0.25) is 5.02 Å². The molecule has 2 unspecified atom stereocenters. The molecule has 0 bridgehead atoms. The summed E-state index contributed by atoms with van der Waals surface area (Å²) in [6.45, 7) is 1.90. The maximum absolute atomic E-state index is 11.9. The highest BCUT2D eigenvalue weighted by Gasteiger charge is 2.11. The molecule has 1 aromatic rings. The van der Waals surface area contributed by atoms with Gasteiger partial charge in [0.15, 0.2) is 0 Å². The van der Waals surface area contributed by atoms with Crippen molar-refractivity contribution in [3.05, 3.63) is 34.3 Å². The van der Waals surface area contributed by atoms with Crippen molar-refractivity contribution in [2.24, 2.45) is 0 Å². The number of benzene rings is 1. The van der Waals surface area contributed by atoms with Gasteiger partial charge in [0.1, 0.15) is 6.61 Å². The predicted molar refractivity (Wildman–Crippen MR) is 81.3 cm³/mol. The average molecular weight is 314 g/mol. The summed E-state index contributed by atoms with van der Waals surface area (Å²) in [6.07, 6.45) is 1.60. The standard InChI is InChI=1S/C14H16ClNO3S/c1-10(20(2)19)9-16-14(18)12-6-5-11(4-3-7-17)13(15)8-12/h5-6,8,10,17H,7,9H2,1-2H3,(H,16,18). The van der Waals surface area contributed by atoms with Gasteiger partial charge in [-0.2, -0.15) is 0 Å². The van der Waals surface area contributed by atoms with Crippen LogP contribution in [0.4, 0.5) is 0 Å². The molecule has 1 rings (SSSR count). The lowest BCUT2D eigenvalue weighted by Gasteiger charge is -2.10. The molecule has 2 atom stereocenters. The Morgan fingerprint density at radius 2 is 2.25 bits per heavy atom. The predicted octanol–water partition coefficient (Wildman–Crippen LogP) is 1.18. The van der Waals surface area contributed by atoms with Crippen LogP contribution in [-0.2, 0) is 10.8 Å². The third kappa shape index (κ3) is 4.97. The van der Waals surface area contributed by atoms with E-state index in [9.17, 15) is 9.00 Å². The summed E-state index contributed by atoms with van der Waals surface area (Å²) in [6, 6.07) is 4.75. The van der Waals surface area contributed by atoms with Crippen molar-refractivity contribution in [3.63, 3.8) is 0 Å². The molecule has 0 heterocycles. The molecule has 0 fully saturated rings. The summed E-state index contributed by atoms with van der Waals surface area (Å²) >= 11 is 6.01. The fraction of sp³-hybridized carbons (Fsp3) is 0.357. The van der Waals surface area contributed by atoms with Gasteiger partial charge in [-0.05, 0) is 25.1 Å². The van der Waals surface area contributed by atoms with Crippen LogP contribution in [0.15, 0.2) is 18.2 Å². The smallest absolute Gasteiger partial charge is 0.251 e. The van der Waals surface area contributed by atoms with E-state index in [1.165, 1.54) is 6.07 Å². The first-order valence-electron chi connectivity index (χ1n) is 5.95. The Morgan fingerprint density at radius 1 is 1.55 bits per heavy atom. The highest BCUT2D eigenvalue weighted by Crippen LogP contribution is 2.17. The first-order chi connectivity index (χ1) is 9.45. The van der Waals surface area contributed by atoms with Crippen molar-refractivity contribution in [1.82, 2.24) is 5.32 Å². The maximum atomic E-state index is 11.9. The fourth-order valence-corrected chi connectivity index (χ4v) is 1.89. The van der Waals surface area contributed by atoms with Gasteiger partial charge in [0.25, 0.3) is 5.91 Å². The van der Waals surface area contributed by atoms with Gasteiger partial charge in [-0.1, -0.05) is 23.4 Å². The number of aliphatic hydroxyl groups excluding tert-OH is 1. The number of aliphatic hydroxyl groups is 1. The van der Waals surface area contributed by atoms with Crippen LogP contribution in [0.5, 0.6) is 0 Å². The molecular formula is C14H16ClNO3S. The van der Waals surface area contributed by atoms with E-state index >= 15 is 0 Å². The fourth-order valence-electron chi connectivity index (χ4n) is 1.35. The second-order valence-electron chi connectivity index (χ2n) is 4.17. The SMILES string of the molecule is CC(CNC(=O)c1ccc(C#CCO)c(Cl)c1)S(C)=O. The van der Waals surface area contributed by atoms with E-state index in [-0.39, 0.29) is 17.8 Å². The van der Waals surface area contributed by atoms with Crippen LogP contribution < -0.4 is 5.32 Å². The number of amides is 1. The van der Waals surface area contributed by atoms with Crippen LogP contribution in [0.3, 0.4) is 0 Å². The molecule has 0 aliphatic rings. The lowest BCUT2D eigenvalue weighted by molar-refractivity contribution is 0.0954. The third-order valence-electron chi connectivity index (χ3n) is 2.65. The van der Waals surface area contributed by atoms with Gasteiger partial charge in [-0.15, -0.1) is 0 Å². The Morgan fingerprint density at radius 3 is 2.80 bits per heavy atom. The Balaban J connectivity index is 2.75. The topological polar surface area (TPSA) is 66.4 Å². The zero-order chi connectivity index (χ0) is 15.1. The van der Waals surface area contributed by atoms with Crippen molar-refractivity contribution in [2.45, 2.75) is 12.2 Å². The average Bonchev–Trinajstić information content (AvgIpc) is 2.42. The Bertz CT molecular complexity index is 578. The minimum Gasteiger partial charge on any atom is -0.384 e. The number of rotatable bonds is 4. The Labute approximate surface area is 126 Å². The van der Waals surface area contributed by atoms with Crippen LogP contribution in [0.1, 0.15) is 22.8 Å². The molecule has 20 heavy (non-hydrogen) atoms. The first-order valence-corrected chi connectivity index (χ1v) is 7.95. The molecule has 1 aromatic carbocycles. The summed E-state index contributed by atoms with van der Waals surface area (Å²) in [7, 11) is -0.978. The second kappa shape index (κ2) is 8.05. The maximum Gasteiger partial charge on any atom is 0.251 e. The first kappa shape index (κ1) is 16.7. The number of hydrogen-bond acceptors (Lipinski definition) is 3. The molecule has 2 N–H and O–H groups in total. The van der Waals surface area contributed by atoms with Gasteiger partial charge in [0, 0.05) is 40.0 Å². The van der Waals surface area contributed by atoms with E-state index in [4.69, 9.17) is 16.7 Å². The highest BCUT2D eigenvalue weighted by molar-refractivity contribution is 7.84. The quantitative estimate of drug-likeness (QED) is 0.820.